The van der Waals surface area contributed by atoms with E-state index in [1.165, 1.54) is 0 Å². The highest BCUT2D eigenvalue weighted by Gasteiger charge is 2.42. The summed E-state index contributed by atoms with van der Waals surface area (Å²) >= 11 is 0. The van der Waals surface area contributed by atoms with Crippen molar-refractivity contribution in [3.8, 4) is 0 Å². The van der Waals surface area contributed by atoms with Crippen LogP contribution in [-0.2, 0) is 0 Å². The Morgan fingerprint density at radius 3 is 2.75 bits per heavy atom. The Balaban J connectivity index is 1.83. The van der Waals surface area contributed by atoms with Gasteiger partial charge in [-0.05, 0) is 31.2 Å². The third kappa shape index (κ3) is 1.48. The molecule has 4 heteroatoms. The summed E-state index contributed by atoms with van der Waals surface area (Å²) in [7, 11) is 0. The third-order valence-corrected chi connectivity index (χ3v) is 3.96. The second-order valence-corrected chi connectivity index (χ2v) is 5.04. The van der Waals surface area contributed by atoms with Crippen LogP contribution in [0.25, 0.3) is 0 Å². The fraction of sp³-hybridized carbons (Fsp3) is 0.667. The molecule has 1 aromatic rings. The second kappa shape index (κ2) is 3.70. The molecule has 16 heavy (non-hydrogen) atoms. The Morgan fingerprint density at radius 2 is 2.06 bits per heavy atom. The van der Waals surface area contributed by atoms with Crippen molar-refractivity contribution in [2.75, 3.05) is 24.5 Å². The van der Waals surface area contributed by atoms with Crippen LogP contribution in [0.1, 0.15) is 12.5 Å². The van der Waals surface area contributed by atoms with Crippen molar-refractivity contribution >= 4 is 5.95 Å². The van der Waals surface area contributed by atoms with Gasteiger partial charge in [-0.1, -0.05) is 0 Å². The highest BCUT2D eigenvalue weighted by atomic mass is 15.3. The van der Waals surface area contributed by atoms with Gasteiger partial charge in [0, 0.05) is 38.1 Å². The van der Waals surface area contributed by atoms with Gasteiger partial charge in [-0.25, -0.2) is 9.97 Å². The Labute approximate surface area is 96.1 Å². The normalized spacial score (nSPS) is 33.1. The number of fused-ring (bicyclic) bond motifs is 1. The summed E-state index contributed by atoms with van der Waals surface area (Å²) in [4.78, 5) is 11.2. The monoisotopic (exact) mass is 218 g/mol. The zero-order valence-corrected chi connectivity index (χ0v) is 9.85. The van der Waals surface area contributed by atoms with E-state index < -0.39 is 0 Å². The first-order chi connectivity index (χ1) is 7.75. The fourth-order valence-electron chi connectivity index (χ4n) is 2.97. The molecule has 2 fully saturated rings. The molecule has 1 aromatic heterocycles. The van der Waals surface area contributed by atoms with Crippen LogP contribution in [0.2, 0.25) is 0 Å². The van der Waals surface area contributed by atoms with Crippen LogP contribution >= 0.6 is 0 Å². The number of aryl methyl sites for hydroxylation is 1. The predicted octanol–water partition coefficient (Wildman–Crippen LogP) is 0.829. The maximum atomic E-state index is 4.43. The number of rotatable bonds is 1. The van der Waals surface area contributed by atoms with Crippen molar-refractivity contribution in [2.45, 2.75) is 19.9 Å². The lowest BCUT2D eigenvalue weighted by Gasteiger charge is -2.24. The number of hydrogen-bond acceptors (Lipinski definition) is 4. The zero-order chi connectivity index (χ0) is 11.1. The second-order valence-electron chi connectivity index (χ2n) is 5.04. The quantitative estimate of drug-likeness (QED) is 0.758. The van der Waals surface area contributed by atoms with Gasteiger partial charge in [0.1, 0.15) is 0 Å². The van der Waals surface area contributed by atoms with E-state index in [0.717, 1.165) is 43.0 Å². The minimum Gasteiger partial charge on any atom is -0.337 e. The zero-order valence-electron chi connectivity index (χ0n) is 9.85. The smallest absolute Gasteiger partial charge is 0.225 e. The molecule has 0 spiro atoms. The minimum atomic E-state index is 0.558. The van der Waals surface area contributed by atoms with E-state index in [1.54, 1.807) is 0 Å². The first kappa shape index (κ1) is 10.0. The molecule has 3 atom stereocenters. The van der Waals surface area contributed by atoms with Gasteiger partial charge in [-0.2, -0.15) is 0 Å². The summed E-state index contributed by atoms with van der Waals surface area (Å²) in [5.41, 5.74) is 1.12. The van der Waals surface area contributed by atoms with Crippen molar-refractivity contribution in [1.82, 2.24) is 15.3 Å². The summed E-state index contributed by atoms with van der Waals surface area (Å²) in [6.07, 6.45) is 3.81. The van der Waals surface area contributed by atoms with E-state index in [0.29, 0.717) is 6.04 Å². The molecule has 0 radical (unpaired) electrons. The van der Waals surface area contributed by atoms with E-state index in [4.69, 9.17) is 0 Å². The van der Waals surface area contributed by atoms with Crippen LogP contribution in [0.3, 0.4) is 0 Å². The number of anilines is 1. The molecule has 0 saturated carbocycles. The van der Waals surface area contributed by atoms with Gasteiger partial charge in [-0.3, -0.25) is 0 Å². The molecular weight excluding hydrogens is 200 g/mol. The first-order valence-electron chi connectivity index (χ1n) is 6.01. The molecule has 2 aliphatic rings. The first-order valence-corrected chi connectivity index (χ1v) is 6.01. The van der Waals surface area contributed by atoms with E-state index in [-0.39, 0.29) is 0 Å². The minimum absolute atomic E-state index is 0.558. The van der Waals surface area contributed by atoms with E-state index in [2.05, 4.69) is 27.1 Å². The van der Waals surface area contributed by atoms with Crippen LogP contribution < -0.4 is 10.2 Å². The summed E-state index contributed by atoms with van der Waals surface area (Å²) in [5, 5.41) is 3.47. The van der Waals surface area contributed by atoms with Gasteiger partial charge in [0.25, 0.3) is 0 Å². The van der Waals surface area contributed by atoms with Gasteiger partial charge < -0.3 is 10.2 Å². The highest BCUT2D eigenvalue weighted by molar-refractivity contribution is 5.35. The Kier molecular flexibility index (Phi) is 2.32. The number of hydrogen-bond donors (Lipinski definition) is 1. The largest absolute Gasteiger partial charge is 0.337 e. The molecule has 4 nitrogen and oxygen atoms in total. The lowest BCUT2D eigenvalue weighted by molar-refractivity contribution is 0.470. The maximum absolute atomic E-state index is 4.43. The van der Waals surface area contributed by atoms with Gasteiger partial charge in [-0.15, -0.1) is 0 Å². The fourth-order valence-corrected chi connectivity index (χ4v) is 2.97. The lowest BCUT2D eigenvalue weighted by atomic mass is 9.95. The maximum Gasteiger partial charge on any atom is 0.225 e. The molecule has 0 amide bonds. The summed E-state index contributed by atoms with van der Waals surface area (Å²) < 4.78 is 0. The van der Waals surface area contributed by atoms with Crippen LogP contribution in [0, 0.1) is 18.8 Å². The SMILES string of the molecule is Cc1cnc(N2CC3CNCC3C2C)nc1. The van der Waals surface area contributed by atoms with Crippen LogP contribution in [0.5, 0.6) is 0 Å². The molecule has 0 aromatic carbocycles. The van der Waals surface area contributed by atoms with Crippen molar-refractivity contribution < 1.29 is 0 Å². The van der Waals surface area contributed by atoms with Crippen molar-refractivity contribution in [3.63, 3.8) is 0 Å². The number of aromatic nitrogens is 2. The molecule has 3 rings (SSSR count). The van der Waals surface area contributed by atoms with Crippen molar-refractivity contribution in [3.05, 3.63) is 18.0 Å². The summed E-state index contributed by atoms with van der Waals surface area (Å²) in [5.74, 6) is 2.44. The molecule has 1 N–H and O–H groups in total. The predicted molar refractivity (Wildman–Crippen MR) is 63.4 cm³/mol. The average Bonchev–Trinajstić information content (AvgIpc) is 2.84. The topological polar surface area (TPSA) is 41.1 Å². The Morgan fingerprint density at radius 1 is 1.31 bits per heavy atom. The lowest BCUT2D eigenvalue weighted by Crippen LogP contribution is -2.34. The van der Waals surface area contributed by atoms with E-state index >= 15 is 0 Å². The van der Waals surface area contributed by atoms with E-state index in [1.807, 2.05) is 19.3 Å². The molecule has 86 valence electrons. The molecule has 0 bridgehead atoms. The van der Waals surface area contributed by atoms with Crippen LogP contribution in [0.15, 0.2) is 12.4 Å². The molecule has 2 saturated heterocycles. The molecule has 0 aliphatic carbocycles. The van der Waals surface area contributed by atoms with Gasteiger partial charge >= 0.3 is 0 Å². The summed E-state index contributed by atoms with van der Waals surface area (Å²) in [6, 6.07) is 0.558. The van der Waals surface area contributed by atoms with Crippen LogP contribution in [0.4, 0.5) is 5.95 Å². The van der Waals surface area contributed by atoms with Crippen molar-refractivity contribution in [1.29, 1.82) is 0 Å². The van der Waals surface area contributed by atoms with Gasteiger partial charge in [0.2, 0.25) is 5.95 Å². The number of nitrogens with zero attached hydrogens (tertiary/aromatic N) is 3. The number of nitrogens with one attached hydrogen (secondary N) is 1. The van der Waals surface area contributed by atoms with Crippen LogP contribution in [-0.4, -0.2) is 35.6 Å². The highest BCUT2D eigenvalue weighted by Crippen LogP contribution is 2.33. The van der Waals surface area contributed by atoms with Crippen molar-refractivity contribution in [2.24, 2.45) is 11.8 Å². The molecule has 3 unspecified atom stereocenters. The summed E-state index contributed by atoms with van der Waals surface area (Å²) in [6.45, 7) is 7.71. The Hall–Kier alpha value is -1.16. The third-order valence-electron chi connectivity index (χ3n) is 3.96. The molecule has 3 heterocycles. The standard InChI is InChI=1S/C12H18N4/c1-8-3-14-12(15-4-8)16-7-10-5-13-6-11(10)9(16)2/h3-4,9-11,13H,5-7H2,1-2H3. The Bertz CT molecular complexity index is 375. The molecule has 2 aliphatic heterocycles. The average molecular weight is 218 g/mol. The van der Waals surface area contributed by atoms with Gasteiger partial charge in [0.05, 0.1) is 0 Å². The van der Waals surface area contributed by atoms with E-state index in [9.17, 15) is 0 Å². The molecular formula is C12H18N4. The van der Waals surface area contributed by atoms with Gasteiger partial charge in [0.15, 0.2) is 0 Å².